The van der Waals surface area contributed by atoms with Crippen LogP contribution in [0.25, 0.3) is 6.08 Å². The van der Waals surface area contributed by atoms with Crippen molar-refractivity contribution in [2.24, 2.45) is 0 Å². The Morgan fingerprint density at radius 1 is 1.17 bits per heavy atom. The molecule has 1 aliphatic heterocycles. The number of thiocarbonyl (C=S) groups is 1. The first-order valence-electron chi connectivity index (χ1n) is 7.14. The van der Waals surface area contributed by atoms with Gasteiger partial charge in [0.15, 0.2) is 0 Å². The molecule has 1 aliphatic rings. The van der Waals surface area contributed by atoms with Crippen LogP contribution in [-0.2, 0) is 11.4 Å². The van der Waals surface area contributed by atoms with E-state index in [-0.39, 0.29) is 5.91 Å². The van der Waals surface area contributed by atoms with Gasteiger partial charge in [0, 0.05) is 5.56 Å². The molecule has 1 saturated heterocycles. The quantitative estimate of drug-likeness (QED) is 0.672. The Morgan fingerprint density at radius 3 is 2.61 bits per heavy atom. The molecule has 116 valence electrons. The minimum absolute atomic E-state index is 0.159. The normalized spacial score (nSPS) is 15.8. The average molecular weight is 341 g/mol. The molecule has 3 nitrogen and oxygen atoms in total. The molecule has 2 aromatic rings. The van der Waals surface area contributed by atoms with E-state index in [2.05, 4.69) is 36.5 Å². The van der Waals surface area contributed by atoms with E-state index in [0.717, 1.165) is 16.9 Å². The Labute approximate surface area is 144 Å². The van der Waals surface area contributed by atoms with Gasteiger partial charge in [-0.15, -0.1) is 0 Å². The van der Waals surface area contributed by atoms with Crippen LogP contribution in [0, 0.1) is 6.92 Å². The molecular formula is C18H15NO2S2. The third-order valence-corrected chi connectivity index (χ3v) is 4.53. The number of para-hydroxylation sites is 1. The zero-order valence-corrected chi connectivity index (χ0v) is 14.2. The average Bonchev–Trinajstić information content (AvgIpc) is 2.86. The lowest BCUT2D eigenvalue weighted by atomic mass is 10.1. The summed E-state index contributed by atoms with van der Waals surface area (Å²) >= 11 is 6.28. The topological polar surface area (TPSA) is 38.3 Å². The first-order chi connectivity index (χ1) is 11.1. The van der Waals surface area contributed by atoms with Gasteiger partial charge in [0.25, 0.3) is 5.91 Å². The number of aryl methyl sites for hydroxylation is 1. The lowest BCUT2D eigenvalue weighted by Crippen LogP contribution is -2.17. The molecule has 1 amide bonds. The molecule has 0 spiro atoms. The second-order valence-corrected chi connectivity index (χ2v) is 6.88. The highest BCUT2D eigenvalue weighted by molar-refractivity contribution is 8.26. The van der Waals surface area contributed by atoms with Gasteiger partial charge in [-0.2, -0.15) is 0 Å². The summed E-state index contributed by atoms with van der Waals surface area (Å²) < 4.78 is 6.40. The van der Waals surface area contributed by atoms with Gasteiger partial charge in [-0.3, -0.25) is 4.79 Å². The molecule has 2 aromatic carbocycles. The summed E-state index contributed by atoms with van der Waals surface area (Å²) in [6.45, 7) is 2.54. The van der Waals surface area contributed by atoms with E-state index in [1.807, 2.05) is 30.3 Å². The number of thioether (sulfide) groups is 1. The van der Waals surface area contributed by atoms with E-state index in [9.17, 15) is 4.79 Å². The molecule has 0 atom stereocenters. The van der Waals surface area contributed by atoms with Crippen LogP contribution in [-0.4, -0.2) is 10.2 Å². The number of nitrogens with one attached hydrogen (secondary N) is 1. The highest BCUT2D eigenvalue weighted by atomic mass is 32.2. The first kappa shape index (κ1) is 15.8. The summed E-state index contributed by atoms with van der Waals surface area (Å²) in [5.74, 6) is 0.583. The van der Waals surface area contributed by atoms with Crippen molar-refractivity contribution in [3.8, 4) is 5.75 Å². The van der Waals surface area contributed by atoms with Crippen molar-refractivity contribution in [2.45, 2.75) is 13.5 Å². The van der Waals surface area contributed by atoms with Gasteiger partial charge in [0.2, 0.25) is 0 Å². The van der Waals surface area contributed by atoms with E-state index in [1.165, 1.54) is 17.3 Å². The molecule has 1 fully saturated rings. The summed E-state index contributed by atoms with van der Waals surface area (Å²) in [6.07, 6.45) is 1.81. The Kier molecular flexibility index (Phi) is 4.79. The second kappa shape index (κ2) is 6.98. The lowest BCUT2D eigenvalue weighted by Gasteiger charge is -2.10. The zero-order valence-electron chi connectivity index (χ0n) is 12.5. The molecule has 0 radical (unpaired) electrons. The van der Waals surface area contributed by atoms with Gasteiger partial charge in [-0.1, -0.05) is 72.0 Å². The molecule has 23 heavy (non-hydrogen) atoms. The molecule has 0 unspecified atom stereocenters. The summed E-state index contributed by atoms with van der Waals surface area (Å²) in [4.78, 5) is 12.4. The lowest BCUT2D eigenvalue weighted by molar-refractivity contribution is -0.115. The fourth-order valence-corrected chi connectivity index (χ4v) is 3.17. The van der Waals surface area contributed by atoms with Crippen LogP contribution in [0.1, 0.15) is 16.7 Å². The zero-order chi connectivity index (χ0) is 16.2. The number of carbonyl (C=O) groups excluding carboxylic acids is 1. The highest BCUT2D eigenvalue weighted by Gasteiger charge is 2.22. The van der Waals surface area contributed by atoms with Crippen molar-refractivity contribution < 1.29 is 9.53 Å². The molecule has 0 aliphatic carbocycles. The van der Waals surface area contributed by atoms with Crippen LogP contribution in [0.3, 0.4) is 0 Å². The fraction of sp³-hybridized carbons (Fsp3) is 0.111. The number of benzene rings is 2. The summed E-state index contributed by atoms with van der Waals surface area (Å²) in [5, 5.41) is 2.62. The van der Waals surface area contributed by atoms with Crippen LogP contribution in [0.5, 0.6) is 5.75 Å². The number of rotatable bonds is 4. The Hall–Kier alpha value is -2.11. The first-order valence-corrected chi connectivity index (χ1v) is 8.36. The molecule has 1 heterocycles. The summed E-state index contributed by atoms with van der Waals surface area (Å²) in [7, 11) is 0. The minimum Gasteiger partial charge on any atom is -0.488 e. The third-order valence-electron chi connectivity index (χ3n) is 3.36. The third kappa shape index (κ3) is 4.00. The van der Waals surface area contributed by atoms with Gasteiger partial charge in [-0.25, -0.2) is 0 Å². The molecule has 0 saturated carbocycles. The number of amides is 1. The highest BCUT2D eigenvalue weighted by Crippen LogP contribution is 2.29. The van der Waals surface area contributed by atoms with E-state index >= 15 is 0 Å². The smallest absolute Gasteiger partial charge is 0.263 e. The largest absolute Gasteiger partial charge is 0.488 e. The predicted octanol–water partition coefficient (Wildman–Crippen LogP) is 4.06. The second-order valence-electron chi connectivity index (χ2n) is 5.16. The maximum Gasteiger partial charge on any atom is 0.263 e. The molecule has 1 N–H and O–H groups in total. The number of hydrogen-bond donors (Lipinski definition) is 1. The molecule has 3 rings (SSSR count). The molecule has 0 aromatic heterocycles. The van der Waals surface area contributed by atoms with Crippen LogP contribution in [0.4, 0.5) is 0 Å². The number of carbonyl (C=O) groups is 1. The van der Waals surface area contributed by atoms with Crippen molar-refractivity contribution in [1.82, 2.24) is 5.32 Å². The van der Waals surface area contributed by atoms with Crippen molar-refractivity contribution in [3.63, 3.8) is 0 Å². The van der Waals surface area contributed by atoms with Crippen molar-refractivity contribution in [3.05, 3.63) is 70.1 Å². The maximum absolute atomic E-state index is 11.8. The van der Waals surface area contributed by atoms with Crippen molar-refractivity contribution in [2.75, 3.05) is 0 Å². The van der Waals surface area contributed by atoms with Crippen molar-refractivity contribution >= 4 is 40.3 Å². The Balaban J connectivity index is 1.78. The maximum atomic E-state index is 11.8. The number of ether oxygens (including phenoxy) is 1. The standard InChI is InChI=1S/C18H15NO2S2/c1-12-6-8-13(9-7-12)11-21-15-5-3-2-4-14(15)10-16-17(20)19-18(22)23-16/h2-10H,11H2,1H3,(H,19,20,22)/b16-10-. The van der Waals surface area contributed by atoms with Crippen LogP contribution >= 0.6 is 24.0 Å². The summed E-state index contributed by atoms with van der Waals surface area (Å²) in [6, 6.07) is 15.9. The van der Waals surface area contributed by atoms with E-state index in [4.69, 9.17) is 17.0 Å². The Bertz CT molecular complexity index is 782. The van der Waals surface area contributed by atoms with E-state index < -0.39 is 0 Å². The van der Waals surface area contributed by atoms with Crippen LogP contribution in [0.15, 0.2) is 53.4 Å². The van der Waals surface area contributed by atoms with Gasteiger partial charge in [0.05, 0.1) is 4.91 Å². The minimum atomic E-state index is -0.159. The number of hydrogen-bond acceptors (Lipinski definition) is 4. The SMILES string of the molecule is Cc1ccc(COc2ccccc2/C=C2\SC(=S)NC2=O)cc1. The molecular weight excluding hydrogens is 326 g/mol. The molecule has 0 bridgehead atoms. The van der Waals surface area contributed by atoms with Gasteiger partial charge in [-0.05, 0) is 24.6 Å². The Morgan fingerprint density at radius 2 is 1.91 bits per heavy atom. The van der Waals surface area contributed by atoms with Gasteiger partial charge >= 0.3 is 0 Å². The van der Waals surface area contributed by atoms with Gasteiger partial charge < -0.3 is 10.1 Å². The van der Waals surface area contributed by atoms with Crippen LogP contribution < -0.4 is 10.1 Å². The monoisotopic (exact) mass is 341 g/mol. The van der Waals surface area contributed by atoms with E-state index in [1.54, 1.807) is 0 Å². The summed E-state index contributed by atoms with van der Waals surface area (Å²) in [5.41, 5.74) is 3.19. The molecule has 5 heteroatoms. The van der Waals surface area contributed by atoms with Crippen LogP contribution in [0.2, 0.25) is 0 Å². The predicted molar refractivity (Wildman–Crippen MR) is 98.3 cm³/mol. The fourth-order valence-electron chi connectivity index (χ4n) is 2.14. The van der Waals surface area contributed by atoms with Gasteiger partial charge in [0.1, 0.15) is 16.7 Å². The van der Waals surface area contributed by atoms with E-state index in [0.29, 0.717) is 15.8 Å². The van der Waals surface area contributed by atoms with Crippen molar-refractivity contribution in [1.29, 1.82) is 0 Å².